The minimum absolute atomic E-state index is 0.146. The predicted molar refractivity (Wildman–Crippen MR) is 104 cm³/mol. The summed E-state index contributed by atoms with van der Waals surface area (Å²) < 4.78 is 15.7. The summed E-state index contributed by atoms with van der Waals surface area (Å²) in [6.45, 7) is 3.79. The highest BCUT2D eigenvalue weighted by Gasteiger charge is 2.26. The molecule has 6 nitrogen and oxygen atoms in total. The summed E-state index contributed by atoms with van der Waals surface area (Å²) in [7, 11) is 2.84. The first-order valence-corrected chi connectivity index (χ1v) is 9.79. The molecule has 0 bridgehead atoms. The molecule has 0 radical (unpaired) electrons. The molecule has 2 aromatic rings. The van der Waals surface area contributed by atoms with E-state index in [4.69, 9.17) is 14.2 Å². The van der Waals surface area contributed by atoms with Gasteiger partial charge in [-0.05, 0) is 48.6 Å². The maximum absolute atomic E-state index is 11.6. The van der Waals surface area contributed by atoms with Crippen LogP contribution < -0.4 is 9.47 Å². The quantitative estimate of drug-likeness (QED) is 0.732. The van der Waals surface area contributed by atoms with Crippen LogP contribution in [0, 0.1) is 0 Å². The van der Waals surface area contributed by atoms with Gasteiger partial charge in [0.2, 0.25) is 0 Å². The van der Waals surface area contributed by atoms with Crippen LogP contribution in [0.25, 0.3) is 0 Å². The summed E-state index contributed by atoms with van der Waals surface area (Å²) in [6, 6.07) is 7.30. The van der Waals surface area contributed by atoms with Crippen molar-refractivity contribution < 1.29 is 24.1 Å². The summed E-state index contributed by atoms with van der Waals surface area (Å²) in [6.07, 6.45) is 0.394. The van der Waals surface area contributed by atoms with Gasteiger partial charge < -0.3 is 19.3 Å². The second kappa shape index (κ2) is 8.73. The molecule has 3 rings (SSSR count). The molecule has 0 amide bonds. The largest absolute Gasteiger partial charge is 0.493 e. The molecule has 1 aromatic heterocycles. The Morgan fingerprint density at radius 2 is 2.15 bits per heavy atom. The van der Waals surface area contributed by atoms with Crippen LogP contribution in [0.3, 0.4) is 0 Å². The van der Waals surface area contributed by atoms with E-state index >= 15 is 0 Å². The number of rotatable bonds is 7. The van der Waals surface area contributed by atoms with Gasteiger partial charge in [0.25, 0.3) is 0 Å². The lowest BCUT2D eigenvalue weighted by molar-refractivity contribution is 0.0513. The molecule has 1 aromatic carbocycles. The van der Waals surface area contributed by atoms with Crippen molar-refractivity contribution in [1.29, 1.82) is 0 Å². The van der Waals surface area contributed by atoms with Gasteiger partial charge >= 0.3 is 5.97 Å². The molecular formula is C20H25NO5S. The van der Waals surface area contributed by atoms with E-state index in [1.165, 1.54) is 24.7 Å². The van der Waals surface area contributed by atoms with E-state index in [1.54, 1.807) is 29.5 Å². The second-order valence-electron chi connectivity index (χ2n) is 6.54. The first-order chi connectivity index (χ1) is 13.0. The molecule has 7 heteroatoms. The van der Waals surface area contributed by atoms with E-state index in [-0.39, 0.29) is 6.61 Å². The van der Waals surface area contributed by atoms with Crippen LogP contribution in [-0.4, -0.2) is 56.0 Å². The van der Waals surface area contributed by atoms with Gasteiger partial charge in [-0.3, -0.25) is 4.90 Å². The SMILES string of the molecule is COC(=O)c1ccc(OCC(O)CN2CCc3sccc3C2C)c(OC)c1. The van der Waals surface area contributed by atoms with Gasteiger partial charge in [0, 0.05) is 24.0 Å². The number of ether oxygens (including phenoxy) is 3. The Bertz CT molecular complexity index is 790. The zero-order valence-electron chi connectivity index (χ0n) is 15.8. The summed E-state index contributed by atoms with van der Waals surface area (Å²) in [4.78, 5) is 15.3. The highest BCUT2D eigenvalue weighted by Crippen LogP contribution is 2.33. The Balaban J connectivity index is 1.58. The average Bonchev–Trinajstić information content (AvgIpc) is 3.17. The average molecular weight is 391 g/mol. The van der Waals surface area contributed by atoms with Gasteiger partial charge in [0.15, 0.2) is 11.5 Å². The topological polar surface area (TPSA) is 68.2 Å². The van der Waals surface area contributed by atoms with Crippen LogP contribution in [0.15, 0.2) is 29.6 Å². The highest BCUT2D eigenvalue weighted by atomic mass is 32.1. The molecule has 2 unspecified atom stereocenters. The number of carbonyl (C=O) groups excluding carboxylic acids is 1. The van der Waals surface area contributed by atoms with Crippen molar-refractivity contribution in [1.82, 2.24) is 4.90 Å². The molecule has 0 spiro atoms. The van der Waals surface area contributed by atoms with Gasteiger partial charge in [0.05, 0.1) is 19.8 Å². The van der Waals surface area contributed by atoms with Crippen molar-refractivity contribution in [2.45, 2.75) is 25.5 Å². The number of hydrogen-bond donors (Lipinski definition) is 1. The van der Waals surface area contributed by atoms with E-state index in [0.717, 1.165) is 13.0 Å². The maximum atomic E-state index is 11.6. The van der Waals surface area contributed by atoms with Crippen LogP contribution in [0.1, 0.15) is 33.8 Å². The van der Waals surface area contributed by atoms with Crippen molar-refractivity contribution in [3.8, 4) is 11.5 Å². The van der Waals surface area contributed by atoms with E-state index in [0.29, 0.717) is 29.6 Å². The zero-order valence-corrected chi connectivity index (χ0v) is 16.6. The lowest BCUT2D eigenvalue weighted by Gasteiger charge is -2.34. The third-order valence-corrected chi connectivity index (χ3v) is 5.86. The number of carbonyl (C=O) groups is 1. The maximum Gasteiger partial charge on any atom is 0.337 e. The number of methoxy groups -OCH3 is 2. The fraction of sp³-hybridized carbons (Fsp3) is 0.450. The van der Waals surface area contributed by atoms with Crippen molar-refractivity contribution in [2.24, 2.45) is 0 Å². The molecule has 0 saturated carbocycles. The predicted octanol–water partition coefficient (Wildman–Crippen LogP) is 2.90. The van der Waals surface area contributed by atoms with Gasteiger partial charge in [-0.2, -0.15) is 0 Å². The van der Waals surface area contributed by atoms with Gasteiger partial charge in [-0.25, -0.2) is 4.79 Å². The summed E-state index contributed by atoms with van der Waals surface area (Å²) in [5.41, 5.74) is 1.75. The lowest BCUT2D eigenvalue weighted by Crippen LogP contribution is -2.40. The number of aliphatic hydroxyl groups excluding tert-OH is 1. The van der Waals surface area contributed by atoms with E-state index in [2.05, 4.69) is 23.3 Å². The molecule has 0 saturated heterocycles. The molecule has 1 aliphatic heterocycles. The second-order valence-corrected chi connectivity index (χ2v) is 7.54. The van der Waals surface area contributed by atoms with Crippen molar-refractivity contribution in [3.63, 3.8) is 0 Å². The van der Waals surface area contributed by atoms with Crippen LogP contribution >= 0.6 is 11.3 Å². The van der Waals surface area contributed by atoms with E-state index < -0.39 is 12.1 Å². The summed E-state index contributed by atoms with van der Waals surface area (Å²) in [5.74, 6) is 0.474. The van der Waals surface area contributed by atoms with Crippen molar-refractivity contribution in [2.75, 3.05) is 33.9 Å². The minimum atomic E-state index is -0.627. The highest BCUT2D eigenvalue weighted by molar-refractivity contribution is 7.10. The van der Waals surface area contributed by atoms with Crippen LogP contribution in [0.5, 0.6) is 11.5 Å². The Kier molecular flexibility index (Phi) is 6.36. The molecular weight excluding hydrogens is 366 g/mol. The van der Waals surface area contributed by atoms with E-state index in [9.17, 15) is 9.90 Å². The number of aliphatic hydroxyl groups is 1. The van der Waals surface area contributed by atoms with Gasteiger partial charge in [0.1, 0.15) is 12.7 Å². The number of nitrogens with zero attached hydrogens (tertiary/aromatic N) is 1. The van der Waals surface area contributed by atoms with Crippen LogP contribution in [0.4, 0.5) is 0 Å². The normalized spacial score (nSPS) is 17.9. The Labute approximate surface area is 163 Å². The Morgan fingerprint density at radius 1 is 1.33 bits per heavy atom. The first kappa shape index (κ1) is 19.7. The molecule has 0 aliphatic carbocycles. The molecule has 2 heterocycles. The number of benzene rings is 1. The van der Waals surface area contributed by atoms with Crippen LogP contribution in [-0.2, 0) is 11.2 Å². The van der Waals surface area contributed by atoms with Crippen molar-refractivity contribution >= 4 is 17.3 Å². The number of fused-ring (bicyclic) bond motifs is 1. The summed E-state index contributed by atoms with van der Waals surface area (Å²) in [5, 5.41) is 12.6. The molecule has 1 aliphatic rings. The standard InChI is InChI=1S/C20H25NO5S/c1-13-16-7-9-27-19(16)6-8-21(13)11-15(22)12-26-17-5-4-14(20(23)25-3)10-18(17)24-2/h4-5,7,9-10,13,15,22H,6,8,11-12H2,1-3H3. The summed E-state index contributed by atoms with van der Waals surface area (Å²) >= 11 is 1.81. The smallest absolute Gasteiger partial charge is 0.337 e. The monoisotopic (exact) mass is 391 g/mol. The molecule has 27 heavy (non-hydrogen) atoms. The molecule has 146 valence electrons. The number of thiophene rings is 1. The third kappa shape index (κ3) is 4.43. The number of esters is 1. The van der Waals surface area contributed by atoms with E-state index in [1.807, 2.05) is 0 Å². The Hall–Kier alpha value is -2.09. The molecule has 1 N–H and O–H groups in total. The lowest BCUT2D eigenvalue weighted by atomic mass is 10.0. The fourth-order valence-electron chi connectivity index (χ4n) is 3.35. The minimum Gasteiger partial charge on any atom is -0.493 e. The first-order valence-electron chi connectivity index (χ1n) is 8.91. The van der Waals surface area contributed by atoms with Crippen LogP contribution in [0.2, 0.25) is 0 Å². The van der Waals surface area contributed by atoms with Gasteiger partial charge in [-0.15, -0.1) is 11.3 Å². The number of hydrogen-bond acceptors (Lipinski definition) is 7. The van der Waals surface area contributed by atoms with Gasteiger partial charge in [-0.1, -0.05) is 0 Å². The third-order valence-electron chi connectivity index (χ3n) is 4.86. The zero-order chi connectivity index (χ0) is 19.4. The van der Waals surface area contributed by atoms with Crippen molar-refractivity contribution in [3.05, 3.63) is 45.6 Å². The fourth-order valence-corrected chi connectivity index (χ4v) is 4.31. The molecule has 2 atom stereocenters. The number of β-amino-alcohol motifs (C(OH)–C–C–N with tert-alkyl or cyclic N) is 1. The molecule has 0 fully saturated rings. The Morgan fingerprint density at radius 3 is 2.89 bits per heavy atom.